The number of rotatable bonds is 6. The van der Waals surface area contributed by atoms with Crippen molar-refractivity contribution in [2.75, 3.05) is 13.1 Å². The molecule has 31 heavy (non-hydrogen) atoms. The van der Waals surface area contributed by atoms with Gasteiger partial charge in [-0.05, 0) is 72.1 Å². The number of amides is 1. The van der Waals surface area contributed by atoms with E-state index < -0.39 is 0 Å². The molecule has 0 radical (unpaired) electrons. The van der Waals surface area contributed by atoms with Crippen LogP contribution in [0.1, 0.15) is 30.4 Å². The van der Waals surface area contributed by atoms with E-state index in [0.717, 1.165) is 60.5 Å². The van der Waals surface area contributed by atoms with Crippen LogP contribution in [-0.4, -0.2) is 28.9 Å². The molecule has 1 aliphatic heterocycles. The summed E-state index contributed by atoms with van der Waals surface area (Å²) >= 11 is 5.97. The number of nitrogens with zero attached hydrogens (tertiary/aromatic N) is 1. The van der Waals surface area contributed by atoms with Gasteiger partial charge in [-0.25, -0.2) is 0 Å². The molecule has 1 aliphatic rings. The number of hydrogen-bond acceptors (Lipinski definition) is 2. The van der Waals surface area contributed by atoms with Gasteiger partial charge < -0.3 is 9.88 Å². The summed E-state index contributed by atoms with van der Waals surface area (Å²) in [5.74, 6) is 0.860. The Morgan fingerprint density at radius 3 is 2.45 bits per heavy atom. The van der Waals surface area contributed by atoms with Gasteiger partial charge in [0, 0.05) is 36.8 Å². The van der Waals surface area contributed by atoms with E-state index in [1.54, 1.807) is 6.20 Å². The van der Waals surface area contributed by atoms with Gasteiger partial charge in [0.15, 0.2) is 0 Å². The Bertz CT molecular complexity index is 1060. The second kappa shape index (κ2) is 9.97. The number of aromatic nitrogens is 1. The van der Waals surface area contributed by atoms with Gasteiger partial charge in [0.2, 0.25) is 11.5 Å². The van der Waals surface area contributed by atoms with E-state index in [1.807, 2.05) is 35.2 Å². The van der Waals surface area contributed by atoms with Crippen LogP contribution >= 0.6 is 11.6 Å². The number of nitrogens with one attached hydrogen (secondary N) is 1. The molecule has 1 N–H and O–H groups in total. The lowest BCUT2D eigenvalue weighted by atomic mass is 9.90. The van der Waals surface area contributed by atoms with E-state index in [0.29, 0.717) is 12.3 Å². The molecule has 4 nitrogen and oxygen atoms in total. The third kappa shape index (κ3) is 5.86. The highest BCUT2D eigenvalue weighted by Crippen LogP contribution is 2.24. The summed E-state index contributed by atoms with van der Waals surface area (Å²) in [6, 6.07) is 19.6. The fourth-order valence-corrected chi connectivity index (χ4v) is 4.37. The lowest BCUT2D eigenvalue weighted by Gasteiger charge is -2.32. The molecule has 3 aromatic rings. The summed E-state index contributed by atoms with van der Waals surface area (Å²) in [7, 11) is 0. The molecule has 0 bridgehead atoms. The van der Waals surface area contributed by atoms with Crippen LogP contribution in [0.4, 0.5) is 0 Å². The minimum atomic E-state index is -0.109. The number of carbonyl (C=O) groups is 1. The maximum Gasteiger partial charge on any atom is 0.247 e. The van der Waals surface area contributed by atoms with Crippen molar-refractivity contribution in [1.29, 1.82) is 0 Å². The van der Waals surface area contributed by atoms with E-state index in [9.17, 15) is 9.59 Å². The van der Waals surface area contributed by atoms with E-state index >= 15 is 0 Å². The van der Waals surface area contributed by atoms with Gasteiger partial charge in [-0.3, -0.25) is 9.59 Å². The van der Waals surface area contributed by atoms with Crippen molar-refractivity contribution in [2.45, 2.75) is 32.1 Å². The van der Waals surface area contributed by atoms with Crippen molar-refractivity contribution >= 4 is 17.5 Å². The van der Waals surface area contributed by atoms with Crippen LogP contribution in [0.2, 0.25) is 5.02 Å². The molecule has 2 heterocycles. The number of halogens is 1. The molecule has 5 heteroatoms. The van der Waals surface area contributed by atoms with Crippen molar-refractivity contribution in [1.82, 2.24) is 9.88 Å². The van der Waals surface area contributed by atoms with Crippen LogP contribution in [0.5, 0.6) is 0 Å². The van der Waals surface area contributed by atoms with Gasteiger partial charge in [0.1, 0.15) is 0 Å². The number of aryl methyl sites for hydroxylation is 1. The Kier molecular flexibility index (Phi) is 6.88. The molecular formula is C26H27ClN2O2. The number of aromatic amines is 1. The van der Waals surface area contributed by atoms with Gasteiger partial charge in [0.05, 0.1) is 0 Å². The minimum absolute atomic E-state index is 0.109. The smallest absolute Gasteiger partial charge is 0.247 e. The Morgan fingerprint density at radius 1 is 0.968 bits per heavy atom. The molecule has 0 aliphatic carbocycles. The highest BCUT2D eigenvalue weighted by Gasteiger charge is 2.22. The average Bonchev–Trinajstić information content (AvgIpc) is 2.80. The SMILES string of the molecule is O=C(CCc1cccc(-c2ccc(=O)[nH]c2)c1)N1CCC(Cc2ccc(Cl)cc2)CC1. The molecule has 1 amide bonds. The summed E-state index contributed by atoms with van der Waals surface area (Å²) in [4.78, 5) is 28.7. The van der Waals surface area contributed by atoms with Crippen molar-refractivity contribution in [3.63, 3.8) is 0 Å². The molecular weight excluding hydrogens is 408 g/mol. The zero-order valence-electron chi connectivity index (χ0n) is 17.5. The zero-order chi connectivity index (χ0) is 21.6. The molecule has 160 valence electrons. The molecule has 1 aromatic heterocycles. The lowest BCUT2D eigenvalue weighted by Crippen LogP contribution is -2.39. The number of pyridine rings is 1. The Hall–Kier alpha value is -2.85. The van der Waals surface area contributed by atoms with Gasteiger partial charge in [-0.2, -0.15) is 0 Å². The van der Waals surface area contributed by atoms with E-state index in [2.05, 4.69) is 29.2 Å². The van der Waals surface area contributed by atoms with E-state index in [4.69, 9.17) is 11.6 Å². The molecule has 0 atom stereocenters. The topological polar surface area (TPSA) is 53.2 Å². The highest BCUT2D eigenvalue weighted by atomic mass is 35.5. The van der Waals surface area contributed by atoms with Crippen molar-refractivity contribution in [3.8, 4) is 11.1 Å². The Labute approximate surface area is 187 Å². The number of carbonyl (C=O) groups excluding carboxylic acids is 1. The number of likely N-dealkylation sites (tertiary alicyclic amines) is 1. The Balaban J connectivity index is 1.27. The summed E-state index contributed by atoms with van der Waals surface area (Å²) in [5.41, 5.74) is 4.36. The monoisotopic (exact) mass is 434 g/mol. The summed E-state index contributed by atoms with van der Waals surface area (Å²) < 4.78 is 0. The number of H-pyrrole nitrogens is 1. The largest absolute Gasteiger partial charge is 0.343 e. The third-order valence-corrected chi connectivity index (χ3v) is 6.33. The fraction of sp³-hybridized carbons (Fsp3) is 0.308. The fourth-order valence-electron chi connectivity index (χ4n) is 4.25. The molecule has 1 saturated heterocycles. The predicted octanol–water partition coefficient (Wildman–Crippen LogP) is 5.11. The zero-order valence-corrected chi connectivity index (χ0v) is 18.3. The second-order valence-corrected chi connectivity index (χ2v) is 8.73. The number of piperidine rings is 1. The number of hydrogen-bond donors (Lipinski definition) is 1. The maximum atomic E-state index is 12.7. The maximum absolute atomic E-state index is 12.7. The third-order valence-electron chi connectivity index (χ3n) is 6.08. The van der Waals surface area contributed by atoms with Crippen molar-refractivity contribution in [3.05, 3.63) is 93.4 Å². The standard InChI is InChI=1S/C26H27ClN2O2/c27-24-8-4-20(5-9-24)16-21-12-14-29(15-13-21)26(31)11-6-19-2-1-3-22(17-19)23-7-10-25(30)28-18-23/h1-5,7-10,17-18,21H,6,11-16H2,(H,28,30). The first kappa shape index (κ1) is 21.4. The lowest BCUT2D eigenvalue weighted by molar-refractivity contribution is -0.132. The van der Waals surface area contributed by atoms with Gasteiger partial charge in [0.25, 0.3) is 0 Å². The number of benzene rings is 2. The molecule has 4 rings (SSSR count). The second-order valence-electron chi connectivity index (χ2n) is 8.30. The van der Waals surface area contributed by atoms with Crippen LogP contribution in [0.15, 0.2) is 71.7 Å². The van der Waals surface area contributed by atoms with Gasteiger partial charge >= 0.3 is 0 Å². The molecule has 2 aromatic carbocycles. The van der Waals surface area contributed by atoms with Crippen LogP contribution < -0.4 is 5.56 Å². The average molecular weight is 435 g/mol. The summed E-state index contributed by atoms with van der Waals surface area (Å²) in [5, 5.41) is 0.772. The van der Waals surface area contributed by atoms with Gasteiger partial charge in [-0.15, -0.1) is 0 Å². The molecule has 0 unspecified atom stereocenters. The minimum Gasteiger partial charge on any atom is -0.343 e. The summed E-state index contributed by atoms with van der Waals surface area (Å²) in [6.45, 7) is 1.68. The van der Waals surface area contributed by atoms with Crippen LogP contribution in [0.25, 0.3) is 11.1 Å². The van der Waals surface area contributed by atoms with Crippen molar-refractivity contribution in [2.24, 2.45) is 5.92 Å². The van der Waals surface area contributed by atoms with Crippen LogP contribution in [0.3, 0.4) is 0 Å². The first-order chi connectivity index (χ1) is 15.1. The normalized spacial score (nSPS) is 14.5. The predicted molar refractivity (Wildman–Crippen MR) is 125 cm³/mol. The quantitative estimate of drug-likeness (QED) is 0.586. The van der Waals surface area contributed by atoms with E-state index in [-0.39, 0.29) is 11.5 Å². The van der Waals surface area contributed by atoms with Gasteiger partial charge in [-0.1, -0.05) is 48.0 Å². The first-order valence-corrected chi connectivity index (χ1v) is 11.2. The molecule has 0 spiro atoms. The van der Waals surface area contributed by atoms with Crippen molar-refractivity contribution < 1.29 is 4.79 Å². The molecule has 0 saturated carbocycles. The molecule has 1 fully saturated rings. The van der Waals surface area contributed by atoms with Crippen LogP contribution in [0, 0.1) is 5.92 Å². The summed E-state index contributed by atoms with van der Waals surface area (Å²) in [6.07, 6.45) is 6.13. The van der Waals surface area contributed by atoms with Crippen LogP contribution in [-0.2, 0) is 17.6 Å². The Morgan fingerprint density at radius 2 is 1.74 bits per heavy atom. The van der Waals surface area contributed by atoms with E-state index in [1.165, 1.54) is 11.6 Å². The first-order valence-electron chi connectivity index (χ1n) is 10.9. The highest BCUT2D eigenvalue weighted by molar-refractivity contribution is 6.30.